The molecule has 0 saturated carbocycles. The topological polar surface area (TPSA) is 20.4 Å². The van der Waals surface area contributed by atoms with Crippen LogP contribution in [0.15, 0.2) is 12.1 Å². The molecule has 2 aromatic carbocycles. The van der Waals surface area contributed by atoms with Crippen molar-refractivity contribution in [1.29, 1.82) is 0 Å². The van der Waals surface area contributed by atoms with Crippen LogP contribution in [0.4, 0.5) is 17.1 Å². The Balaban J connectivity index is 0.00000204. The molecule has 0 aliphatic carbocycles. The summed E-state index contributed by atoms with van der Waals surface area (Å²) in [6, 6.07) is 6.26. The molecule has 0 spiro atoms. The van der Waals surface area contributed by atoms with Gasteiger partial charge in [0.1, 0.15) is 12.1 Å². The summed E-state index contributed by atoms with van der Waals surface area (Å²) in [5, 5.41) is 6.54. The van der Waals surface area contributed by atoms with Gasteiger partial charge in [0.25, 0.3) is 0 Å². The van der Waals surface area contributed by atoms with Gasteiger partial charge >= 0.3 is 29.2 Å². The van der Waals surface area contributed by atoms with Crippen LogP contribution in [0, 0.1) is 20.8 Å². The summed E-state index contributed by atoms with van der Waals surface area (Å²) in [5.41, 5.74) is 7.45. The van der Waals surface area contributed by atoms with E-state index in [4.69, 9.17) is 5.32 Å². The minimum absolute atomic E-state index is 0.448. The number of aryl methyl sites for hydroxylation is 3. The van der Waals surface area contributed by atoms with Gasteiger partial charge in [-0.2, -0.15) is 0 Å². The predicted octanol–water partition coefficient (Wildman–Crippen LogP) is 6.72. The molecule has 0 aliphatic rings. The van der Waals surface area contributed by atoms with Crippen LogP contribution >= 0.6 is 9.19 Å². The average molecular weight is 602 g/mol. The van der Waals surface area contributed by atoms with E-state index in [1.54, 1.807) is 20.0 Å². The molecule has 0 bridgehead atoms. The second kappa shape index (κ2) is 11.0. The van der Waals surface area contributed by atoms with Crippen LogP contribution in [0.1, 0.15) is 72.1 Å². The van der Waals surface area contributed by atoms with E-state index in [0.717, 1.165) is 5.69 Å². The van der Waals surface area contributed by atoms with E-state index >= 15 is 0 Å². The fourth-order valence-corrected chi connectivity index (χ4v) is 4.44. The Kier molecular flexibility index (Phi) is 10.0. The Morgan fingerprint density at radius 2 is 1.21 bits per heavy atom. The van der Waals surface area contributed by atoms with Gasteiger partial charge in [-0.1, -0.05) is 28.8 Å². The molecule has 0 saturated heterocycles. The van der Waals surface area contributed by atoms with Crippen LogP contribution in [-0.2, 0) is 20.0 Å². The maximum absolute atomic E-state index is 5.20. The molecule has 2 rings (SSSR count). The van der Waals surface area contributed by atoms with E-state index in [-0.39, 0.29) is 0 Å². The van der Waals surface area contributed by atoms with Gasteiger partial charge in [-0.15, -0.1) is 5.69 Å². The van der Waals surface area contributed by atoms with Crippen molar-refractivity contribution >= 4 is 26.3 Å². The van der Waals surface area contributed by atoms with Gasteiger partial charge in [0, 0.05) is 12.1 Å². The molecule has 0 amide bonds. The summed E-state index contributed by atoms with van der Waals surface area (Å²) in [4.78, 5) is 2.52. The van der Waals surface area contributed by atoms with Crippen molar-refractivity contribution in [2.45, 2.75) is 100 Å². The van der Waals surface area contributed by atoms with Crippen LogP contribution in [0.3, 0.4) is 0 Å². The molecular formula is C24H39AuClN3. The Hall–Kier alpha value is -0.740. The molecule has 0 heterocycles. The fourth-order valence-electron chi connectivity index (χ4n) is 4.44. The fraction of sp³-hybridized carbons (Fsp3) is 0.625. The summed E-state index contributed by atoms with van der Waals surface area (Å²) in [6.07, 6.45) is 0. The van der Waals surface area contributed by atoms with E-state index < -0.39 is 0 Å². The quantitative estimate of drug-likeness (QED) is 0.255. The number of halogens is 1. The van der Waals surface area contributed by atoms with Crippen molar-refractivity contribution in [3.05, 3.63) is 39.5 Å². The number of hydrogen-bond donors (Lipinski definition) is 0. The molecule has 0 aliphatic heterocycles. The van der Waals surface area contributed by atoms with E-state index in [1.807, 2.05) is 0 Å². The van der Waals surface area contributed by atoms with Gasteiger partial charge in [-0.25, -0.2) is 4.58 Å². The second-order valence-corrected chi connectivity index (χ2v) is 9.09. The standard InChI is InChI=1S/C24H39N3.Au.ClH/c1-14(2)26(15(3)4)23-22(24(23)27(16(5)6)17(7)8)25-21-19(10)12-18(9)13-20(21)11;;/h12-17H,1-11H3;;1H/q;+1;/p-1. The van der Waals surface area contributed by atoms with Crippen molar-refractivity contribution in [2.75, 3.05) is 4.90 Å². The Morgan fingerprint density at radius 3 is 1.55 bits per heavy atom. The minimum atomic E-state index is 0.448. The maximum atomic E-state index is 5.20. The molecule has 3 nitrogen and oxygen atoms in total. The molecular weight excluding hydrogens is 563 g/mol. The van der Waals surface area contributed by atoms with Gasteiger partial charge in [0.05, 0.1) is 5.69 Å². The van der Waals surface area contributed by atoms with Gasteiger partial charge in [-0.3, -0.25) is 0 Å². The molecule has 0 fully saturated rings. The zero-order valence-corrected chi connectivity index (χ0v) is 22.9. The molecule has 2 aromatic rings. The van der Waals surface area contributed by atoms with Crippen molar-refractivity contribution in [1.82, 2.24) is 4.58 Å². The van der Waals surface area contributed by atoms with Gasteiger partial charge in [-0.05, 0) is 81.8 Å². The molecule has 0 atom stereocenters. The zero-order valence-electron chi connectivity index (χ0n) is 20.0. The number of anilines is 1. The van der Waals surface area contributed by atoms with Crippen LogP contribution < -0.4 is 14.8 Å². The third-order valence-electron chi connectivity index (χ3n) is 5.21. The third kappa shape index (κ3) is 6.13. The number of benzene rings is 1. The SMILES string of the molecule is Cc1cc(C)c([N-]c2c(N(C(C)C)C(C)C)c2=[N+](C(C)C)C(C)C)c(C)c1.[Cl][Au]. The summed E-state index contributed by atoms with van der Waals surface area (Å²) >= 11 is 1.75. The third-order valence-corrected chi connectivity index (χ3v) is 5.21. The first-order chi connectivity index (χ1) is 13.5. The van der Waals surface area contributed by atoms with Crippen molar-refractivity contribution in [2.24, 2.45) is 0 Å². The van der Waals surface area contributed by atoms with Gasteiger partial charge in [0.15, 0.2) is 0 Å². The Morgan fingerprint density at radius 1 is 0.793 bits per heavy atom. The van der Waals surface area contributed by atoms with Crippen molar-refractivity contribution in [3.8, 4) is 0 Å². The van der Waals surface area contributed by atoms with E-state index in [9.17, 15) is 0 Å². The molecule has 0 aromatic heterocycles. The van der Waals surface area contributed by atoms with Crippen LogP contribution in [0.25, 0.3) is 5.32 Å². The summed E-state index contributed by atoms with van der Waals surface area (Å²) in [7, 11) is 4.58. The van der Waals surface area contributed by atoms with Crippen LogP contribution in [-0.4, -0.2) is 24.2 Å². The van der Waals surface area contributed by atoms with Crippen molar-refractivity contribution < 1.29 is 20.0 Å². The van der Waals surface area contributed by atoms with Crippen LogP contribution in [0.5, 0.6) is 0 Å². The normalized spacial score (nSPS) is 11.5. The first-order valence-electron chi connectivity index (χ1n) is 10.6. The molecule has 0 N–H and O–H groups in total. The number of hydrogen-bond acceptors (Lipinski definition) is 1. The Labute approximate surface area is 195 Å². The zero-order chi connectivity index (χ0) is 22.6. The first kappa shape index (κ1) is 26.3. The molecule has 0 radical (unpaired) electrons. The van der Waals surface area contributed by atoms with Crippen LogP contribution in [0.2, 0.25) is 0 Å². The Bertz CT molecular complexity index is 786. The van der Waals surface area contributed by atoms with E-state index in [2.05, 4.69) is 107 Å². The molecule has 0 unspecified atom stereocenters. The van der Waals surface area contributed by atoms with E-state index in [1.165, 1.54) is 33.4 Å². The summed E-state index contributed by atoms with van der Waals surface area (Å²) in [6.45, 7) is 24.7. The van der Waals surface area contributed by atoms with Gasteiger partial charge in [0.2, 0.25) is 5.36 Å². The number of rotatable bonds is 7. The van der Waals surface area contributed by atoms with Crippen molar-refractivity contribution in [3.63, 3.8) is 0 Å². The van der Waals surface area contributed by atoms with Gasteiger partial charge < -0.3 is 10.2 Å². The molecule has 29 heavy (non-hydrogen) atoms. The monoisotopic (exact) mass is 601 g/mol. The molecule has 168 valence electrons. The number of nitrogens with zero attached hydrogens (tertiary/aromatic N) is 3. The van der Waals surface area contributed by atoms with E-state index in [0.29, 0.717) is 24.2 Å². The second-order valence-electron chi connectivity index (χ2n) is 9.09. The summed E-state index contributed by atoms with van der Waals surface area (Å²) < 4.78 is 2.52. The molecule has 5 heteroatoms. The average Bonchev–Trinajstić information content (AvgIpc) is 3.23. The first-order valence-corrected chi connectivity index (χ1v) is 13.2. The predicted molar refractivity (Wildman–Crippen MR) is 126 cm³/mol. The summed E-state index contributed by atoms with van der Waals surface area (Å²) in [5.74, 6) is 0.